The highest BCUT2D eigenvalue weighted by Gasteiger charge is 2.50. The van der Waals surface area contributed by atoms with Crippen molar-refractivity contribution in [2.45, 2.75) is 78.8 Å². The topological polar surface area (TPSA) is 0 Å². The van der Waals surface area contributed by atoms with Crippen LogP contribution in [0.15, 0.2) is 0 Å². The van der Waals surface area contributed by atoms with E-state index in [2.05, 4.69) is 27.7 Å². The van der Waals surface area contributed by atoms with Crippen LogP contribution in [0.3, 0.4) is 0 Å². The number of hydrogen-bond donors (Lipinski definition) is 0. The zero-order chi connectivity index (χ0) is 15.9. The molecule has 8 unspecified atom stereocenters. The SMILES string of the molecule is CC(C)C1C(C)CC(CC2(C)CC(F)CC(F)C2F)C1C. The third kappa shape index (κ3) is 3.27. The lowest BCUT2D eigenvalue weighted by atomic mass is 9.66. The van der Waals surface area contributed by atoms with E-state index >= 15 is 0 Å². The fourth-order valence-corrected chi connectivity index (χ4v) is 5.51. The molecule has 0 amide bonds. The highest BCUT2D eigenvalue weighted by atomic mass is 19.2. The fourth-order valence-electron chi connectivity index (χ4n) is 5.51. The maximum absolute atomic E-state index is 14.4. The van der Waals surface area contributed by atoms with Crippen molar-refractivity contribution < 1.29 is 13.2 Å². The van der Waals surface area contributed by atoms with E-state index in [4.69, 9.17) is 0 Å². The van der Waals surface area contributed by atoms with E-state index in [-0.39, 0.29) is 12.8 Å². The summed E-state index contributed by atoms with van der Waals surface area (Å²) in [5.74, 6) is 2.79. The molecule has 3 heteroatoms. The molecule has 0 radical (unpaired) electrons. The van der Waals surface area contributed by atoms with E-state index in [1.54, 1.807) is 6.92 Å². The van der Waals surface area contributed by atoms with Gasteiger partial charge in [-0.2, -0.15) is 0 Å². The van der Waals surface area contributed by atoms with Crippen molar-refractivity contribution in [3.05, 3.63) is 0 Å². The number of alkyl halides is 3. The molecule has 0 N–H and O–H groups in total. The van der Waals surface area contributed by atoms with Crippen LogP contribution in [-0.4, -0.2) is 18.5 Å². The summed E-state index contributed by atoms with van der Waals surface area (Å²) < 4.78 is 41.9. The van der Waals surface area contributed by atoms with Crippen LogP contribution < -0.4 is 0 Å². The summed E-state index contributed by atoms with van der Waals surface area (Å²) in [4.78, 5) is 0. The normalized spacial score (nSPS) is 51.6. The van der Waals surface area contributed by atoms with Gasteiger partial charge in [-0.15, -0.1) is 0 Å². The second kappa shape index (κ2) is 6.12. The third-order valence-electron chi connectivity index (χ3n) is 6.33. The second-order valence-electron chi connectivity index (χ2n) is 8.47. The first-order chi connectivity index (χ1) is 9.65. The van der Waals surface area contributed by atoms with E-state index < -0.39 is 23.9 Å². The molecular formula is C18H31F3. The summed E-state index contributed by atoms with van der Waals surface area (Å²) >= 11 is 0. The van der Waals surface area contributed by atoms with Crippen LogP contribution in [0.2, 0.25) is 0 Å². The zero-order valence-corrected chi connectivity index (χ0v) is 14.1. The minimum atomic E-state index is -1.63. The van der Waals surface area contributed by atoms with Gasteiger partial charge >= 0.3 is 0 Å². The zero-order valence-electron chi connectivity index (χ0n) is 14.1. The van der Waals surface area contributed by atoms with Crippen molar-refractivity contribution in [1.29, 1.82) is 0 Å². The maximum Gasteiger partial charge on any atom is 0.137 e. The van der Waals surface area contributed by atoms with E-state index in [9.17, 15) is 13.2 Å². The molecule has 2 aliphatic rings. The minimum absolute atomic E-state index is 0.179. The lowest BCUT2D eigenvalue weighted by molar-refractivity contribution is -0.0469. The number of hydrogen-bond acceptors (Lipinski definition) is 0. The van der Waals surface area contributed by atoms with Gasteiger partial charge < -0.3 is 0 Å². The van der Waals surface area contributed by atoms with Crippen molar-refractivity contribution in [2.75, 3.05) is 0 Å². The standard InChI is InChI=1S/C18H31F3/c1-10(2)16-11(3)6-13(12(16)4)8-18(5)9-14(19)7-15(20)17(18)21/h10-17H,6-9H2,1-5H3. The molecule has 0 saturated heterocycles. The van der Waals surface area contributed by atoms with Crippen molar-refractivity contribution in [3.63, 3.8) is 0 Å². The molecule has 8 atom stereocenters. The van der Waals surface area contributed by atoms with Crippen molar-refractivity contribution >= 4 is 0 Å². The van der Waals surface area contributed by atoms with Crippen molar-refractivity contribution in [3.8, 4) is 0 Å². The Bertz CT molecular complexity index is 356. The van der Waals surface area contributed by atoms with Crippen LogP contribution in [0.1, 0.15) is 60.3 Å². The Morgan fingerprint density at radius 1 is 1.10 bits per heavy atom. The molecule has 0 heterocycles. The quantitative estimate of drug-likeness (QED) is 0.622. The first-order valence-corrected chi connectivity index (χ1v) is 8.58. The van der Waals surface area contributed by atoms with Gasteiger partial charge in [0.2, 0.25) is 0 Å². The summed E-state index contributed by atoms with van der Waals surface area (Å²) in [6.07, 6.45) is -2.71. The lowest BCUT2D eigenvalue weighted by Gasteiger charge is -2.42. The third-order valence-corrected chi connectivity index (χ3v) is 6.33. The molecule has 2 rings (SSSR count). The van der Waals surface area contributed by atoms with E-state index in [0.717, 1.165) is 6.42 Å². The van der Waals surface area contributed by atoms with Gasteiger partial charge in [0.15, 0.2) is 0 Å². The predicted octanol–water partition coefficient (Wildman–Crippen LogP) is 5.76. The second-order valence-corrected chi connectivity index (χ2v) is 8.47. The Hall–Kier alpha value is -0.210. The monoisotopic (exact) mass is 304 g/mol. The van der Waals surface area contributed by atoms with E-state index in [1.807, 2.05) is 0 Å². The fraction of sp³-hybridized carbons (Fsp3) is 1.00. The molecule has 0 aromatic carbocycles. The lowest BCUT2D eigenvalue weighted by Crippen LogP contribution is -2.45. The molecular weight excluding hydrogens is 273 g/mol. The summed E-state index contributed by atoms with van der Waals surface area (Å²) in [5.41, 5.74) is -0.832. The number of rotatable bonds is 3. The van der Waals surface area contributed by atoms with Gasteiger partial charge in [-0.25, -0.2) is 13.2 Å². The Labute approximate surface area is 127 Å². The van der Waals surface area contributed by atoms with Gasteiger partial charge in [0.1, 0.15) is 18.5 Å². The largest absolute Gasteiger partial charge is 0.247 e. The summed E-state index contributed by atoms with van der Waals surface area (Å²) in [6.45, 7) is 10.8. The van der Waals surface area contributed by atoms with Crippen LogP contribution >= 0.6 is 0 Å². The highest BCUT2D eigenvalue weighted by Crippen LogP contribution is 2.53. The van der Waals surface area contributed by atoms with Gasteiger partial charge in [-0.05, 0) is 48.9 Å². The number of halogens is 3. The highest BCUT2D eigenvalue weighted by molar-refractivity contribution is 4.99. The maximum atomic E-state index is 14.4. The molecule has 0 nitrogen and oxygen atoms in total. The summed E-state index contributed by atoms with van der Waals surface area (Å²) in [7, 11) is 0. The predicted molar refractivity (Wildman–Crippen MR) is 81.4 cm³/mol. The Morgan fingerprint density at radius 3 is 2.24 bits per heavy atom. The molecule has 0 aromatic heterocycles. The summed E-state index contributed by atoms with van der Waals surface area (Å²) in [6, 6.07) is 0. The van der Waals surface area contributed by atoms with Gasteiger partial charge in [0, 0.05) is 11.8 Å². The molecule has 0 spiro atoms. The van der Waals surface area contributed by atoms with Crippen LogP contribution in [0.4, 0.5) is 13.2 Å². The Morgan fingerprint density at radius 2 is 1.71 bits per heavy atom. The van der Waals surface area contributed by atoms with Crippen LogP contribution in [0.25, 0.3) is 0 Å². The molecule has 2 fully saturated rings. The Kier molecular flexibility index (Phi) is 5.00. The van der Waals surface area contributed by atoms with Gasteiger partial charge in [0.25, 0.3) is 0 Å². The molecule has 0 bridgehead atoms. The van der Waals surface area contributed by atoms with Crippen molar-refractivity contribution in [2.24, 2.45) is 35.0 Å². The molecule has 2 aliphatic carbocycles. The Balaban J connectivity index is 2.10. The first-order valence-electron chi connectivity index (χ1n) is 8.58. The molecule has 2 saturated carbocycles. The first kappa shape index (κ1) is 17.1. The smallest absolute Gasteiger partial charge is 0.137 e. The van der Waals surface area contributed by atoms with Gasteiger partial charge in [-0.3, -0.25) is 0 Å². The molecule has 0 aromatic rings. The average Bonchev–Trinajstić information content (AvgIpc) is 2.61. The van der Waals surface area contributed by atoms with Crippen LogP contribution in [0, 0.1) is 35.0 Å². The van der Waals surface area contributed by atoms with Gasteiger partial charge in [-0.1, -0.05) is 34.6 Å². The van der Waals surface area contributed by atoms with E-state index in [0.29, 0.717) is 36.0 Å². The van der Waals surface area contributed by atoms with Gasteiger partial charge in [0.05, 0.1) is 0 Å². The summed E-state index contributed by atoms with van der Waals surface area (Å²) in [5, 5.41) is 0. The van der Waals surface area contributed by atoms with E-state index in [1.165, 1.54) is 0 Å². The minimum Gasteiger partial charge on any atom is -0.247 e. The van der Waals surface area contributed by atoms with Crippen LogP contribution in [0.5, 0.6) is 0 Å². The van der Waals surface area contributed by atoms with Crippen molar-refractivity contribution in [1.82, 2.24) is 0 Å². The molecule has 21 heavy (non-hydrogen) atoms. The molecule has 124 valence electrons. The molecule has 0 aliphatic heterocycles. The van der Waals surface area contributed by atoms with Crippen LogP contribution in [-0.2, 0) is 0 Å². The average molecular weight is 304 g/mol.